The third-order valence-electron chi connectivity index (χ3n) is 3.58. The fraction of sp³-hybridized carbons (Fsp3) is 0.0952. The number of benzene rings is 1. The molecule has 0 bridgehead atoms. The van der Waals surface area contributed by atoms with Crippen molar-refractivity contribution in [2.24, 2.45) is 0 Å². The molecule has 1 N–H and O–H groups in total. The van der Waals surface area contributed by atoms with Gasteiger partial charge in [-0.15, -0.1) is 0 Å². The van der Waals surface area contributed by atoms with Gasteiger partial charge in [-0.3, -0.25) is 9.78 Å². The number of rotatable bonds is 6. The molecule has 130 valence electrons. The van der Waals surface area contributed by atoms with Crippen molar-refractivity contribution >= 4 is 23.7 Å². The molecule has 5 heteroatoms. The van der Waals surface area contributed by atoms with E-state index in [-0.39, 0.29) is 5.91 Å². The van der Waals surface area contributed by atoms with Crippen molar-refractivity contribution in [3.05, 3.63) is 83.8 Å². The van der Waals surface area contributed by atoms with Crippen LogP contribution in [-0.2, 0) is 0 Å². The fourth-order valence-electron chi connectivity index (χ4n) is 2.39. The van der Waals surface area contributed by atoms with E-state index in [1.54, 1.807) is 24.5 Å². The van der Waals surface area contributed by atoms with Gasteiger partial charge in [0.25, 0.3) is 5.91 Å². The summed E-state index contributed by atoms with van der Waals surface area (Å²) < 4.78 is 5.42. The lowest BCUT2D eigenvalue weighted by atomic mass is 10.1. The Labute approximate surface area is 152 Å². The average Bonchev–Trinajstić information content (AvgIpc) is 2.68. The van der Waals surface area contributed by atoms with Gasteiger partial charge in [-0.05, 0) is 55.0 Å². The van der Waals surface area contributed by atoms with Crippen LogP contribution in [0.3, 0.4) is 0 Å². The molecule has 5 nitrogen and oxygen atoms in total. The second-order valence-corrected chi connectivity index (χ2v) is 5.46. The van der Waals surface area contributed by atoms with Crippen LogP contribution in [0.25, 0.3) is 12.2 Å². The minimum absolute atomic E-state index is 0.257. The first-order valence-electron chi connectivity index (χ1n) is 8.34. The van der Waals surface area contributed by atoms with Crippen LogP contribution < -0.4 is 10.1 Å². The minimum Gasteiger partial charge on any atom is -0.477 e. The number of pyridine rings is 2. The zero-order chi connectivity index (χ0) is 18.2. The Hall–Kier alpha value is -3.47. The number of amides is 1. The lowest BCUT2D eigenvalue weighted by Gasteiger charge is -2.09. The highest BCUT2D eigenvalue weighted by Gasteiger charge is 2.13. The smallest absolute Gasteiger partial charge is 0.261 e. The Morgan fingerprint density at radius 2 is 1.92 bits per heavy atom. The summed E-state index contributed by atoms with van der Waals surface area (Å²) in [6, 6.07) is 16.7. The molecule has 0 aliphatic heterocycles. The highest BCUT2D eigenvalue weighted by atomic mass is 16.5. The number of nitrogens with zero attached hydrogens (tertiary/aromatic N) is 2. The fourth-order valence-corrected chi connectivity index (χ4v) is 2.39. The van der Waals surface area contributed by atoms with Crippen molar-refractivity contribution in [3.8, 4) is 5.88 Å². The van der Waals surface area contributed by atoms with Crippen LogP contribution in [0, 0.1) is 0 Å². The molecule has 2 heterocycles. The molecule has 0 saturated carbocycles. The Morgan fingerprint density at radius 3 is 2.73 bits per heavy atom. The summed E-state index contributed by atoms with van der Waals surface area (Å²) in [6.45, 7) is 2.30. The maximum absolute atomic E-state index is 12.5. The summed E-state index contributed by atoms with van der Waals surface area (Å²) >= 11 is 0. The van der Waals surface area contributed by atoms with Crippen molar-refractivity contribution in [3.63, 3.8) is 0 Å². The monoisotopic (exact) mass is 345 g/mol. The molecular weight excluding hydrogens is 326 g/mol. The third-order valence-corrected chi connectivity index (χ3v) is 3.58. The number of carbonyl (C=O) groups excluding carboxylic acids is 1. The lowest BCUT2D eigenvalue weighted by molar-refractivity contribution is 0.102. The average molecular weight is 345 g/mol. The van der Waals surface area contributed by atoms with Crippen molar-refractivity contribution < 1.29 is 9.53 Å². The predicted molar refractivity (Wildman–Crippen MR) is 103 cm³/mol. The van der Waals surface area contributed by atoms with Crippen molar-refractivity contribution in [2.45, 2.75) is 6.92 Å². The molecule has 26 heavy (non-hydrogen) atoms. The predicted octanol–water partition coefficient (Wildman–Crippen LogP) is 4.30. The van der Waals surface area contributed by atoms with E-state index in [0.717, 1.165) is 11.3 Å². The second kappa shape index (κ2) is 8.58. The first-order chi connectivity index (χ1) is 12.8. The normalized spacial score (nSPS) is 10.7. The van der Waals surface area contributed by atoms with Gasteiger partial charge >= 0.3 is 0 Å². The van der Waals surface area contributed by atoms with Gasteiger partial charge in [0, 0.05) is 18.1 Å². The zero-order valence-electron chi connectivity index (χ0n) is 14.4. The summed E-state index contributed by atoms with van der Waals surface area (Å²) in [6.07, 6.45) is 7.23. The van der Waals surface area contributed by atoms with Crippen LogP contribution in [0.15, 0.2) is 67.0 Å². The zero-order valence-corrected chi connectivity index (χ0v) is 14.4. The molecule has 3 rings (SSSR count). The van der Waals surface area contributed by atoms with E-state index in [4.69, 9.17) is 4.74 Å². The number of carbonyl (C=O) groups is 1. The van der Waals surface area contributed by atoms with Crippen LogP contribution in [0.2, 0.25) is 0 Å². The number of ether oxygens (including phenoxy) is 1. The molecule has 0 atom stereocenters. The standard InChI is InChI=1S/C21H19N3O2/c1-2-26-21-19(10-6-14-23-21)20(25)24-18-9-5-7-16(15-18)11-12-17-8-3-4-13-22-17/h3-15H,2H2,1H3,(H,24,25)/b12-11+. The molecule has 0 spiro atoms. The van der Waals surface area contributed by atoms with E-state index in [1.165, 1.54) is 0 Å². The Balaban J connectivity index is 1.75. The highest BCUT2D eigenvalue weighted by molar-refractivity contribution is 6.05. The molecule has 0 unspecified atom stereocenters. The van der Waals surface area contributed by atoms with Crippen molar-refractivity contribution in [1.29, 1.82) is 0 Å². The van der Waals surface area contributed by atoms with Gasteiger partial charge in [0.15, 0.2) is 0 Å². The number of aromatic nitrogens is 2. The van der Waals surface area contributed by atoms with E-state index in [9.17, 15) is 4.79 Å². The van der Waals surface area contributed by atoms with Crippen molar-refractivity contribution in [1.82, 2.24) is 9.97 Å². The number of hydrogen-bond acceptors (Lipinski definition) is 4. The second-order valence-electron chi connectivity index (χ2n) is 5.46. The van der Waals surface area contributed by atoms with Gasteiger partial charge in [0.1, 0.15) is 5.56 Å². The molecular formula is C21H19N3O2. The van der Waals surface area contributed by atoms with Gasteiger partial charge in [0.2, 0.25) is 5.88 Å². The van der Waals surface area contributed by atoms with Gasteiger partial charge in [-0.1, -0.05) is 24.3 Å². The molecule has 2 aromatic heterocycles. The number of nitrogens with one attached hydrogen (secondary N) is 1. The molecule has 1 amide bonds. The van der Waals surface area contributed by atoms with Gasteiger partial charge in [0.05, 0.1) is 12.3 Å². The van der Waals surface area contributed by atoms with Gasteiger partial charge in [-0.25, -0.2) is 4.98 Å². The maximum Gasteiger partial charge on any atom is 0.261 e. The lowest BCUT2D eigenvalue weighted by Crippen LogP contribution is -2.14. The molecule has 1 aromatic carbocycles. The summed E-state index contributed by atoms with van der Waals surface area (Å²) in [7, 11) is 0. The first-order valence-corrected chi connectivity index (χ1v) is 8.34. The first kappa shape index (κ1) is 17.4. The molecule has 0 saturated heterocycles. The SMILES string of the molecule is CCOc1ncccc1C(=O)Nc1cccc(/C=C/c2ccccn2)c1. The molecule has 0 aliphatic rings. The van der Waals surface area contributed by atoms with Gasteiger partial charge in [-0.2, -0.15) is 0 Å². The summed E-state index contributed by atoms with van der Waals surface area (Å²) in [5.41, 5.74) is 2.94. The molecule has 3 aromatic rings. The van der Waals surface area contributed by atoms with Crippen LogP contribution in [0.1, 0.15) is 28.5 Å². The Kier molecular flexibility index (Phi) is 5.72. The summed E-state index contributed by atoms with van der Waals surface area (Å²) in [5.74, 6) is 0.0751. The minimum atomic E-state index is -0.257. The van der Waals surface area contributed by atoms with Crippen LogP contribution in [0.5, 0.6) is 5.88 Å². The van der Waals surface area contributed by atoms with E-state index in [1.807, 2.05) is 61.5 Å². The summed E-state index contributed by atoms with van der Waals surface area (Å²) in [5, 5.41) is 2.89. The molecule has 0 aliphatic carbocycles. The largest absolute Gasteiger partial charge is 0.477 e. The topological polar surface area (TPSA) is 64.1 Å². The van der Waals surface area contributed by atoms with E-state index in [0.29, 0.717) is 23.7 Å². The van der Waals surface area contributed by atoms with Crippen LogP contribution in [0.4, 0.5) is 5.69 Å². The van der Waals surface area contributed by atoms with E-state index < -0.39 is 0 Å². The Morgan fingerprint density at radius 1 is 1.04 bits per heavy atom. The molecule has 0 radical (unpaired) electrons. The van der Waals surface area contributed by atoms with Crippen LogP contribution >= 0.6 is 0 Å². The van der Waals surface area contributed by atoms with Crippen molar-refractivity contribution in [2.75, 3.05) is 11.9 Å². The van der Waals surface area contributed by atoms with Gasteiger partial charge < -0.3 is 10.1 Å². The Bertz CT molecular complexity index is 908. The third kappa shape index (κ3) is 4.54. The highest BCUT2D eigenvalue weighted by Crippen LogP contribution is 2.18. The number of hydrogen-bond donors (Lipinski definition) is 1. The van der Waals surface area contributed by atoms with E-state index >= 15 is 0 Å². The number of anilines is 1. The quantitative estimate of drug-likeness (QED) is 0.723. The van der Waals surface area contributed by atoms with E-state index in [2.05, 4.69) is 15.3 Å². The van der Waals surface area contributed by atoms with Crippen LogP contribution in [-0.4, -0.2) is 22.5 Å². The maximum atomic E-state index is 12.5. The molecule has 0 fully saturated rings. The summed E-state index contributed by atoms with van der Waals surface area (Å²) in [4.78, 5) is 20.9.